The number of benzene rings is 3. The van der Waals surface area contributed by atoms with Crippen molar-refractivity contribution in [3.8, 4) is 0 Å². The third kappa shape index (κ3) is 2.16. The van der Waals surface area contributed by atoms with Gasteiger partial charge in [-0.15, -0.1) is 0 Å². The highest BCUT2D eigenvalue weighted by Crippen LogP contribution is 2.53. The number of rotatable bonds is 1. The van der Waals surface area contributed by atoms with Gasteiger partial charge in [-0.3, -0.25) is 0 Å². The van der Waals surface area contributed by atoms with Gasteiger partial charge in [-0.2, -0.15) is 0 Å². The SMILES string of the molecule is Cc1cc2c3ccccc3n3c4cc(C5CC6CCC5C6)cc5nc[n+](C)c(c(c1C)c23)c54. The molecule has 2 fully saturated rings. The van der Waals surface area contributed by atoms with Crippen LogP contribution >= 0.6 is 0 Å². The van der Waals surface area contributed by atoms with Crippen molar-refractivity contribution in [1.82, 2.24) is 9.38 Å². The number of hydrogen-bond acceptors (Lipinski definition) is 1. The van der Waals surface area contributed by atoms with Gasteiger partial charge in [0.05, 0.1) is 34.4 Å². The molecular formula is C30H28N3+. The van der Waals surface area contributed by atoms with Gasteiger partial charge in [0, 0.05) is 10.8 Å². The molecule has 3 atom stereocenters. The summed E-state index contributed by atoms with van der Waals surface area (Å²) in [6, 6.07) is 16.3. The first-order valence-corrected chi connectivity index (χ1v) is 12.5. The summed E-state index contributed by atoms with van der Waals surface area (Å²) in [4.78, 5) is 4.98. The van der Waals surface area contributed by atoms with E-state index in [-0.39, 0.29) is 0 Å². The Morgan fingerprint density at radius 2 is 1.82 bits per heavy atom. The van der Waals surface area contributed by atoms with Crippen LogP contribution in [0.25, 0.3) is 49.1 Å². The zero-order valence-electron chi connectivity index (χ0n) is 19.5. The predicted molar refractivity (Wildman–Crippen MR) is 135 cm³/mol. The highest BCUT2D eigenvalue weighted by Gasteiger charge is 2.40. The highest BCUT2D eigenvalue weighted by molar-refractivity contribution is 6.25. The molecule has 3 heteroatoms. The Labute approximate surface area is 193 Å². The van der Waals surface area contributed by atoms with Gasteiger partial charge in [0.2, 0.25) is 0 Å². The van der Waals surface area contributed by atoms with Crippen molar-refractivity contribution in [3.05, 3.63) is 65.5 Å². The monoisotopic (exact) mass is 430 g/mol. The molecule has 0 spiro atoms. The Bertz CT molecular complexity index is 1770. The summed E-state index contributed by atoms with van der Waals surface area (Å²) in [6.07, 6.45) is 7.66. The maximum atomic E-state index is 4.98. The van der Waals surface area contributed by atoms with Gasteiger partial charge in [-0.25, -0.2) is 4.57 Å². The number of pyridine rings is 1. The second kappa shape index (κ2) is 6.02. The highest BCUT2D eigenvalue weighted by atomic mass is 15.0. The van der Waals surface area contributed by atoms with Crippen LogP contribution in [0, 0.1) is 25.7 Å². The smallest absolute Gasteiger partial charge is 0.287 e. The first-order valence-electron chi connectivity index (χ1n) is 12.5. The molecule has 0 radical (unpaired) electrons. The van der Waals surface area contributed by atoms with Crippen LogP contribution in [-0.4, -0.2) is 9.38 Å². The fraction of sp³-hybridized carbons (Fsp3) is 0.333. The summed E-state index contributed by atoms with van der Waals surface area (Å²) in [6.45, 7) is 4.54. The van der Waals surface area contributed by atoms with Crippen molar-refractivity contribution in [2.24, 2.45) is 18.9 Å². The van der Waals surface area contributed by atoms with Crippen molar-refractivity contribution in [2.45, 2.75) is 45.4 Å². The van der Waals surface area contributed by atoms with Crippen molar-refractivity contribution in [2.75, 3.05) is 0 Å². The number of para-hydroxylation sites is 1. The molecule has 0 amide bonds. The topological polar surface area (TPSA) is 21.2 Å². The maximum Gasteiger partial charge on any atom is 0.287 e. The van der Waals surface area contributed by atoms with E-state index in [9.17, 15) is 0 Å². The molecular weight excluding hydrogens is 402 g/mol. The Morgan fingerprint density at radius 3 is 2.64 bits per heavy atom. The van der Waals surface area contributed by atoms with E-state index >= 15 is 0 Å². The second-order valence-electron chi connectivity index (χ2n) is 10.9. The van der Waals surface area contributed by atoms with Gasteiger partial charge in [-0.05, 0) is 96.8 Å². The molecule has 0 aliphatic heterocycles. The first-order chi connectivity index (χ1) is 16.1. The van der Waals surface area contributed by atoms with Crippen LogP contribution < -0.4 is 4.57 Å². The molecule has 3 heterocycles. The Morgan fingerprint density at radius 1 is 0.939 bits per heavy atom. The molecule has 33 heavy (non-hydrogen) atoms. The number of fused-ring (bicyclic) bond motifs is 7. The van der Waals surface area contributed by atoms with Crippen molar-refractivity contribution < 1.29 is 4.57 Å². The molecule has 2 aliphatic carbocycles. The number of hydrogen-bond donors (Lipinski definition) is 0. The Hall–Kier alpha value is -3.20. The minimum atomic E-state index is 0.696. The third-order valence-electron chi connectivity index (χ3n) is 9.20. The minimum absolute atomic E-state index is 0.696. The van der Waals surface area contributed by atoms with Crippen LogP contribution in [0.2, 0.25) is 0 Å². The van der Waals surface area contributed by atoms with Gasteiger partial charge < -0.3 is 4.40 Å². The van der Waals surface area contributed by atoms with Crippen molar-refractivity contribution >= 4 is 49.1 Å². The predicted octanol–water partition coefficient (Wildman–Crippen LogP) is 6.73. The average molecular weight is 431 g/mol. The fourth-order valence-electron chi connectivity index (χ4n) is 7.60. The molecule has 2 saturated carbocycles. The lowest BCUT2D eigenvalue weighted by Gasteiger charge is -2.23. The van der Waals surface area contributed by atoms with Crippen LogP contribution in [0.4, 0.5) is 0 Å². The van der Waals surface area contributed by atoms with Crippen LogP contribution in [0.1, 0.15) is 48.3 Å². The molecule has 3 aromatic heterocycles. The fourth-order valence-corrected chi connectivity index (χ4v) is 7.60. The summed E-state index contributed by atoms with van der Waals surface area (Å²) in [5.74, 6) is 2.50. The summed E-state index contributed by atoms with van der Waals surface area (Å²) in [5, 5.41) is 5.38. The molecule has 8 rings (SSSR count). The quantitative estimate of drug-likeness (QED) is 0.161. The van der Waals surface area contributed by atoms with E-state index in [1.807, 2.05) is 6.33 Å². The lowest BCUT2D eigenvalue weighted by Crippen LogP contribution is -2.30. The van der Waals surface area contributed by atoms with Gasteiger partial charge in [0.15, 0.2) is 5.52 Å². The van der Waals surface area contributed by atoms with Crippen LogP contribution in [-0.2, 0) is 7.05 Å². The second-order valence-corrected chi connectivity index (χ2v) is 10.9. The summed E-state index contributed by atoms with van der Waals surface area (Å²) >= 11 is 0. The van der Waals surface area contributed by atoms with Gasteiger partial charge in [0.25, 0.3) is 6.33 Å². The van der Waals surface area contributed by atoms with E-state index in [0.29, 0.717) is 5.92 Å². The molecule has 0 saturated heterocycles. The van der Waals surface area contributed by atoms with Crippen LogP contribution in [0.5, 0.6) is 0 Å². The average Bonchev–Trinajstić information content (AvgIpc) is 3.54. The van der Waals surface area contributed by atoms with E-state index in [0.717, 1.165) is 17.4 Å². The Kier molecular flexibility index (Phi) is 3.33. The zero-order chi connectivity index (χ0) is 22.0. The first kappa shape index (κ1) is 18.3. The van der Waals surface area contributed by atoms with E-state index in [1.54, 1.807) is 0 Å². The molecule has 2 bridgehead atoms. The standard InChI is InChI=1S/C30H28N3/c1-16-10-23-21-6-4-5-7-25(21)33-26-14-20(22-12-18-8-9-19(22)11-18)13-24-28(26)30(32(3)15-31-24)27(17(16)2)29(23)33/h4-7,10,13-15,18-19,22H,8-9,11-12H2,1-3H3/q+1. The lowest BCUT2D eigenvalue weighted by atomic mass is 9.83. The molecule has 6 aromatic rings. The maximum absolute atomic E-state index is 4.98. The van der Waals surface area contributed by atoms with Gasteiger partial charge >= 0.3 is 0 Å². The molecule has 0 N–H and O–H groups in total. The van der Waals surface area contributed by atoms with E-state index in [1.165, 1.54) is 86.0 Å². The Balaban J connectivity index is 1.65. The van der Waals surface area contributed by atoms with Crippen LogP contribution in [0.15, 0.2) is 48.8 Å². The molecule has 3 unspecified atom stereocenters. The molecule has 3 nitrogen and oxygen atoms in total. The zero-order valence-corrected chi connectivity index (χ0v) is 19.5. The lowest BCUT2D eigenvalue weighted by molar-refractivity contribution is -0.646. The number of aromatic nitrogens is 3. The van der Waals surface area contributed by atoms with Gasteiger partial charge in [0.1, 0.15) is 5.52 Å². The number of aryl methyl sites for hydroxylation is 3. The summed E-state index contributed by atoms with van der Waals surface area (Å²) in [5.41, 5.74) is 10.7. The van der Waals surface area contributed by atoms with E-state index < -0.39 is 0 Å². The van der Waals surface area contributed by atoms with Crippen molar-refractivity contribution in [1.29, 1.82) is 0 Å². The van der Waals surface area contributed by atoms with E-state index in [4.69, 9.17) is 4.98 Å². The largest absolute Gasteiger partial charge is 0.308 e. The van der Waals surface area contributed by atoms with E-state index in [2.05, 4.69) is 72.3 Å². The van der Waals surface area contributed by atoms with Crippen LogP contribution in [0.3, 0.4) is 0 Å². The molecule has 3 aromatic carbocycles. The third-order valence-corrected chi connectivity index (χ3v) is 9.20. The normalized spacial score (nSPS) is 22.8. The molecule has 162 valence electrons. The minimum Gasteiger partial charge on any atom is -0.308 e. The molecule has 2 aliphatic rings. The summed E-state index contributed by atoms with van der Waals surface area (Å²) in [7, 11) is 2.15. The van der Waals surface area contributed by atoms with Gasteiger partial charge in [-0.1, -0.05) is 24.6 Å². The summed E-state index contributed by atoms with van der Waals surface area (Å²) < 4.78 is 4.80. The van der Waals surface area contributed by atoms with Crippen molar-refractivity contribution in [3.63, 3.8) is 0 Å². The number of nitrogens with zero attached hydrogens (tertiary/aromatic N) is 3.